The van der Waals surface area contributed by atoms with Crippen molar-refractivity contribution in [1.29, 1.82) is 0 Å². The van der Waals surface area contributed by atoms with E-state index in [0.29, 0.717) is 17.9 Å². The summed E-state index contributed by atoms with van der Waals surface area (Å²) in [5, 5.41) is 13.4. The molecule has 0 saturated carbocycles. The second kappa shape index (κ2) is 12.2. The first kappa shape index (κ1) is 25.6. The number of hydrogen-bond donors (Lipinski definition) is 5. The molecule has 0 aromatic carbocycles. The van der Waals surface area contributed by atoms with Crippen LogP contribution in [-0.2, 0) is 14.4 Å². The molecule has 0 aliphatic rings. The summed E-state index contributed by atoms with van der Waals surface area (Å²) in [6.07, 6.45) is 0.773. The summed E-state index contributed by atoms with van der Waals surface area (Å²) in [6, 6.07) is -1.19. The summed E-state index contributed by atoms with van der Waals surface area (Å²) in [5.74, 6) is -3.40. The van der Waals surface area contributed by atoms with Gasteiger partial charge in [-0.25, -0.2) is 5.06 Å². The first-order chi connectivity index (χ1) is 12.9. The zero-order valence-corrected chi connectivity index (χ0v) is 17.5. The molecule has 0 aromatic rings. The normalized spacial score (nSPS) is 14.3. The fourth-order valence-corrected chi connectivity index (χ4v) is 3.10. The van der Waals surface area contributed by atoms with Crippen LogP contribution in [0.1, 0.15) is 47.0 Å². The fraction of sp³-hybridized carbons (Fsp3) is 0.778. The first-order valence-corrected chi connectivity index (χ1v) is 9.50. The molecule has 8 N–H and O–H groups in total. The average Bonchev–Trinajstić information content (AvgIpc) is 2.59. The largest absolute Gasteiger partial charge is 0.370 e. The molecule has 0 radical (unpaired) electrons. The maximum atomic E-state index is 13.1. The van der Waals surface area contributed by atoms with Gasteiger partial charge in [-0.05, 0) is 31.1 Å². The zero-order chi connectivity index (χ0) is 22.0. The van der Waals surface area contributed by atoms with Crippen molar-refractivity contribution in [3.05, 3.63) is 0 Å². The Morgan fingerprint density at radius 2 is 1.50 bits per heavy atom. The number of nitrogens with one attached hydrogen (secondary N) is 1. The molecule has 0 aromatic heterocycles. The van der Waals surface area contributed by atoms with Gasteiger partial charge in [0.2, 0.25) is 11.8 Å². The Morgan fingerprint density at radius 1 is 1.00 bits per heavy atom. The van der Waals surface area contributed by atoms with Crippen LogP contribution in [0.3, 0.4) is 0 Å². The van der Waals surface area contributed by atoms with Crippen molar-refractivity contribution in [3.63, 3.8) is 0 Å². The summed E-state index contributed by atoms with van der Waals surface area (Å²) in [7, 11) is 1.39. The molecule has 162 valence electrons. The van der Waals surface area contributed by atoms with E-state index in [9.17, 15) is 19.6 Å². The summed E-state index contributed by atoms with van der Waals surface area (Å²) in [4.78, 5) is 41.1. The van der Waals surface area contributed by atoms with Gasteiger partial charge in [0.15, 0.2) is 5.96 Å². The third-order valence-electron chi connectivity index (χ3n) is 4.39. The number of likely N-dealkylation sites (N-methyl/N-ethyl adjacent to an activating group) is 1. The third kappa shape index (κ3) is 8.55. The molecule has 0 rings (SSSR count). The molecule has 3 atom stereocenters. The molecule has 0 fully saturated rings. The van der Waals surface area contributed by atoms with Crippen molar-refractivity contribution in [2.45, 2.75) is 53.0 Å². The summed E-state index contributed by atoms with van der Waals surface area (Å²) >= 11 is 0. The van der Waals surface area contributed by atoms with E-state index in [0.717, 1.165) is 0 Å². The van der Waals surface area contributed by atoms with Crippen molar-refractivity contribution >= 4 is 23.7 Å². The fourth-order valence-electron chi connectivity index (χ4n) is 3.10. The van der Waals surface area contributed by atoms with Gasteiger partial charge in [-0.2, -0.15) is 0 Å². The number of carbonyl (C=O) groups excluding carboxylic acids is 3. The highest BCUT2D eigenvalue weighted by atomic mass is 16.5. The molecule has 0 bridgehead atoms. The average molecular weight is 401 g/mol. The van der Waals surface area contributed by atoms with Crippen LogP contribution in [0.2, 0.25) is 0 Å². The number of nitrogens with zero attached hydrogens (tertiary/aromatic N) is 2. The number of aliphatic imine (C=N–C) groups is 1. The SMILES string of the molecule is CNC(=O)[C@H](CCN=C(N)N)N(O)C(=O)C(CC(C)C)[C@@H](CC(C)C)C(N)=O. The summed E-state index contributed by atoms with van der Waals surface area (Å²) in [5.41, 5.74) is 16.1. The van der Waals surface area contributed by atoms with Crippen LogP contribution in [0.4, 0.5) is 0 Å². The Labute approximate surface area is 166 Å². The van der Waals surface area contributed by atoms with Gasteiger partial charge < -0.3 is 22.5 Å². The maximum absolute atomic E-state index is 13.1. The summed E-state index contributed by atoms with van der Waals surface area (Å²) < 4.78 is 0. The van der Waals surface area contributed by atoms with Crippen LogP contribution >= 0.6 is 0 Å². The van der Waals surface area contributed by atoms with Gasteiger partial charge in [0, 0.05) is 19.5 Å². The van der Waals surface area contributed by atoms with E-state index in [1.807, 2.05) is 27.7 Å². The Bertz CT molecular complexity index is 560. The molecule has 3 amide bonds. The minimum Gasteiger partial charge on any atom is -0.370 e. The molecular weight excluding hydrogens is 364 g/mol. The number of rotatable bonds is 12. The van der Waals surface area contributed by atoms with Gasteiger partial charge in [-0.1, -0.05) is 27.7 Å². The van der Waals surface area contributed by atoms with E-state index >= 15 is 0 Å². The first-order valence-electron chi connectivity index (χ1n) is 9.50. The highest BCUT2D eigenvalue weighted by molar-refractivity contribution is 5.90. The number of amides is 3. The Balaban J connectivity index is 5.72. The van der Waals surface area contributed by atoms with E-state index in [4.69, 9.17) is 17.2 Å². The smallest absolute Gasteiger partial charge is 0.250 e. The van der Waals surface area contributed by atoms with Crippen LogP contribution in [0.5, 0.6) is 0 Å². The van der Waals surface area contributed by atoms with Crippen molar-refractivity contribution in [2.24, 2.45) is 45.9 Å². The van der Waals surface area contributed by atoms with E-state index in [1.54, 1.807) is 0 Å². The lowest BCUT2D eigenvalue weighted by molar-refractivity contribution is -0.187. The Hall–Kier alpha value is -2.36. The number of hydrogen-bond acceptors (Lipinski definition) is 5. The molecule has 0 saturated heterocycles. The van der Waals surface area contributed by atoms with E-state index in [1.165, 1.54) is 7.05 Å². The quantitative estimate of drug-likeness (QED) is 0.131. The molecule has 0 heterocycles. The molecular formula is C18H36N6O4. The van der Waals surface area contributed by atoms with Crippen molar-refractivity contribution < 1.29 is 19.6 Å². The van der Waals surface area contributed by atoms with Gasteiger partial charge in [0.05, 0.1) is 5.92 Å². The number of nitrogens with two attached hydrogens (primary N) is 3. The predicted molar refractivity (Wildman–Crippen MR) is 107 cm³/mol. The van der Waals surface area contributed by atoms with Crippen LogP contribution in [0.25, 0.3) is 0 Å². The minimum atomic E-state index is -1.19. The second-order valence-electron chi connectivity index (χ2n) is 7.78. The molecule has 10 heteroatoms. The van der Waals surface area contributed by atoms with Crippen LogP contribution < -0.4 is 22.5 Å². The van der Waals surface area contributed by atoms with Gasteiger partial charge in [-0.3, -0.25) is 24.6 Å². The highest BCUT2D eigenvalue weighted by Crippen LogP contribution is 2.29. The molecule has 0 aliphatic carbocycles. The number of hydroxylamine groups is 2. The number of guanidine groups is 1. The molecule has 0 aliphatic heterocycles. The van der Waals surface area contributed by atoms with Crippen molar-refractivity contribution in [2.75, 3.05) is 13.6 Å². The van der Waals surface area contributed by atoms with Crippen LogP contribution in [-0.4, -0.2) is 53.6 Å². The molecule has 1 unspecified atom stereocenters. The van der Waals surface area contributed by atoms with E-state index in [2.05, 4.69) is 10.3 Å². The number of primary amides is 1. The van der Waals surface area contributed by atoms with Gasteiger partial charge in [0.1, 0.15) is 6.04 Å². The van der Waals surface area contributed by atoms with Crippen molar-refractivity contribution in [1.82, 2.24) is 10.4 Å². The lowest BCUT2D eigenvalue weighted by Crippen LogP contribution is -2.51. The van der Waals surface area contributed by atoms with Gasteiger partial charge in [0.25, 0.3) is 5.91 Å². The topological polar surface area (TPSA) is 177 Å². The lowest BCUT2D eigenvalue weighted by atomic mass is 9.79. The second-order valence-corrected chi connectivity index (χ2v) is 7.78. The molecule has 0 spiro atoms. The zero-order valence-electron chi connectivity index (χ0n) is 17.5. The summed E-state index contributed by atoms with van der Waals surface area (Å²) in [6.45, 7) is 7.71. The van der Waals surface area contributed by atoms with E-state index < -0.39 is 35.6 Å². The lowest BCUT2D eigenvalue weighted by Gasteiger charge is -2.32. The van der Waals surface area contributed by atoms with E-state index in [-0.39, 0.29) is 30.8 Å². The highest BCUT2D eigenvalue weighted by Gasteiger charge is 2.39. The standard InChI is InChI=1S/C18H36N6O4/c1-10(2)8-12(15(19)25)13(9-11(3)4)17(27)24(28)14(16(26)22-5)6-7-23-18(20)21/h10-14,28H,6-9H2,1-5H3,(H2,19,25)(H,22,26)(H4,20,21,23)/t12-,13?,14+/m1/s1. The molecule has 28 heavy (non-hydrogen) atoms. The minimum absolute atomic E-state index is 0.0135. The monoisotopic (exact) mass is 400 g/mol. The van der Waals surface area contributed by atoms with Crippen molar-refractivity contribution in [3.8, 4) is 0 Å². The maximum Gasteiger partial charge on any atom is 0.250 e. The third-order valence-corrected chi connectivity index (χ3v) is 4.39. The van der Waals surface area contributed by atoms with Crippen LogP contribution in [0, 0.1) is 23.7 Å². The Kier molecular flexibility index (Phi) is 11.1. The molecule has 10 nitrogen and oxygen atoms in total. The Morgan fingerprint density at radius 3 is 1.89 bits per heavy atom. The predicted octanol–water partition coefficient (Wildman–Crippen LogP) is -0.208. The van der Waals surface area contributed by atoms with Gasteiger partial charge in [-0.15, -0.1) is 0 Å². The number of carbonyl (C=O) groups is 3. The van der Waals surface area contributed by atoms with Crippen LogP contribution in [0.15, 0.2) is 4.99 Å². The van der Waals surface area contributed by atoms with Gasteiger partial charge >= 0.3 is 0 Å².